The van der Waals surface area contributed by atoms with Crippen molar-refractivity contribution in [2.45, 2.75) is 30.6 Å². The van der Waals surface area contributed by atoms with Gasteiger partial charge in [0.05, 0.1) is 10.3 Å². The fourth-order valence-corrected chi connectivity index (χ4v) is 3.35. The maximum atomic E-state index is 4.51. The van der Waals surface area contributed by atoms with Gasteiger partial charge in [0, 0.05) is 0 Å². The van der Waals surface area contributed by atoms with E-state index in [0.717, 1.165) is 6.42 Å². The van der Waals surface area contributed by atoms with Gasteiger partial charge in [0.15, 0.2) is 0 Å². The summed E-state index contributed by atoms with van der Waals surface area (Å²) < 4.78 is 0.179. The van der Waals surface area contributed by atoms with Gasteiger partial charge < -0.3 is 0 Å². The molecule has 2 heteroatoms. The van der Waals surface area contributed by atoms with Gasteiger partial charge in [-0.15, -0.1) is 11.8 Å². The first-order chi connectivity index (χ1) is 5.55. The Kier molecular flexibility index (Phi) is 1.39. The van der Waals surface area contributed by atoms with E-state index in [0.29, 0.717) is 0 Å². The number of nitrogens with zero attached hydrogens (tertiary/aromatic N) is 1. The first kappa shape index (κ1) is 8.11. The van der Waals surface area contributed by atoms with Gasteiger partial charge in [0.25, 0.3) is 0 Å². The van der Waals surface area contributed by atoms with E-state index in [2.05, 4.69) is 32.0 Å². The van der Waals surface area contributed by atoms with Crippen molar-refractivity contribution in [3.8, 4) is 0 Å². The van der Waals surface area contributed by atoms with E-state index >= 15 is 0 Å². The summed E-state index contributed by atoms with van der Waals surface area (Å²) in [6.07, 6.45) is 1.10. The quantitative estimate of drug-likeness (QED) is 0.594. The summed E-state index contributed by atoms with van der Waals surface area (Å²) in [5, 5.41) is 0. The molecule has 1 nitrogen and oxygen atoms in total. The third-order valence-corrected chi connectivity index (χ3v) is 4.41. The molecule has 0 aromatic heterocycles. The topological polar surface area (TPSA) is 12.4 Å². The first-order valence-corrected chi connectivity index (χ1v) is 4.97. The SMILES string of the molecule is C=C(C)C12CC1(C(=C)C)SC=N2. The lowest BCUT2D eigenvalue weighted by atomic mass is 10.0. The Morgan fingerprint density at radius 2 is 2.08 bits per heavy atom. The lowest BCUT2D eigenvalue weighted by Gasteiger charge is -2.15. The predicted octanol–water partition coefficient (Wildman–Crippen LogP) is 2.80. The molecule has 64 valence electrons. The third-order valence-electron chi connectivity index (χ3n) is 2.97. The molecule has 0 saturated heterocycles. The smallest absolute Gasteiger partial charge is 0.102 e. The lowest BCUT2D eigenvalue weighted by molar-refractivity contribution is 0.772. The van der Waals surface area contributed by atoms with Crippen LogP contribution in [0, 0.1) is 0 Å². The van der Waals surface area contributed by atoms with Crippen LogP contribution in [-0.4, -0.2) is 15.8 Å². The molecule has 1 heterocycles. The van der Waals surface area contributed by atoms with Crippen molar-refractivity contribution in [2.24, 2.45) is 4.99 Å². The molecule has 0 radical (unpaired) electrons. The van der Waals surface area contributed by atoms with Crippen molar-refractivity contribution in [1.82, 2.24) is 0 Å². The molecular formula is C10H13NS. The summed E-state index contributed by atoms with van der Waals surface area (Å²) in [7, 11) is 0. The van der Waals surface area contributed by atoms with Gasteiger partial charge >= 0.3 is 0 Å². The van der Waals surface area contributed by atoms with E-state index in [1.165, 1.54) is 11.1 Å². The summed E-state index contributed by atoms with van der Waals surface area (Å²) in [5.74, 6) is 0. The average Bonchev–Trinajstić information content (AvgIpc) is 2.52. The molecule has 2 rings (SSSR count). The molecule has 12 heavy (non-hydrogen) atoms. The van der Waals surface area contributed by atoms with Gasteiger partial charge in [-0.3, -0.25) is 4.99 Å². The number of rotatable bonds is 2. The zero-order valence-corrected chi connectivity index (χ0v) is 8.37. The molecule has 1 aliphatic carbocycles. The summed E-state index contributed by atoms with van der Waals surface area (Å²) >= 11 is 1.80. The molecule has 2 aliphatic rings. The van der Waals surface area contributed by atoms with E-state index in [-0.39, 0.29) is 10.3 Å². The van der Waals surface area contributed by atoms with Gasteiger partial charge in [0.1, 0.15) is 5.54 Å². The molecule has 0 N–H and O–H groups in total. The van der Waals surface area contributed by atoms with Crippen LogP contribution < -0.4 is 0 Å². The Bertz CT molecular complexity index is 305. The predicted molar refractivity (Wildman–Crippen MR) is 55.8 cm³/mol. The van der Waals surface area contributed by atoms with Crippen LogP contribution in [0.15, 0.2) is 29.3 Å². The standard InChI is InChI=1S/C10H13NS/c1-7(2)9-5-10(9,8(3)4)12-6-11-9/h6H,1,3,5H2,2,4H3. The second-order valence-electron chi connectivity index (χ2n) is 3.78. The third kappa shape index (κ3) is 0.650. The van der Waals surface area contributed by atoms with Crippen molar-refractivity contribution in [1.29, 1.82) is 0 Å². The van der Waals surface area contributed by atoms with Gasteiger partial charge in [-0.25, -0.2) is 0 Å². The number of fused-ring (bicyclic) bond motifs is 1. The second-order valence-corrected chi connectivity index (χ2v) is 4.92. The highest BCUT2D eigenvalue weighted by molar-refractivity contribution is 8.14. The number of hydrogen-bond donors (Lipinski definition) is 0. The zero-order valence-electron chi connectivity index (χ0n) is 7.55. The fourth-order valence-electron chi connectivity index (χ4n) is 2.02. The number of hydrogen-bond acceptors (Lipinski definition) is 2. The van der Waals surface area contributed by atoms with E-state index < -0.39 is 0 Å². The van der Waals surface area contributed by atoms with Crippen LogP contribution in [0.5, 0.6) is 0 Å². The van der Waals surface area contributed by atoms with Crippen molar-refractivity contribution in [3.05, 3.63) is 24.3 Å². The minimum Gasteiger partial charge on any atom is -0.273 e. The minimum atomic E-state index is 0.0174. The molecule has 0 aromatic rings. The van der Waals surface area contributed by atoms with Crippen molar-refractivity contribution in [3.63, 3.8) is 0 Å². The second kappa shape index (κ2) is 2.05. The highest BCUT2D eigenvalue weighted by Gasteiger charge is 2.71. The molecule has 0 amide bonds. The molecule has 0 spiro atoms. The molecule has 0 aromatic carbocycles. The van der Waals surface area contributed by atoms with Crippen molar-refractivity contribution < 1.29 is 0 Å². The Balaban J connectivity index is 2.39. The molecule has 1 fully saturated rings. The molecule has 1 aliphatic heterocycles. The lowest BCUT2D eigenvalue weighted by Crippen LogP contribution is -2.18. The normalized spacial score (nSPS) is 42.5. The molecule has 2 unspecified atom stereocenters. The van der Waals surface area contributed by atoms with Gasteiger partial charge in [-0.1, -0.05) is 24.3 Å². The van der Waals surface area contributed by atoms with Crippen LogP contribution in [-0.2, 0) is 0 Å². The maximum Gasteiger partial charge on any atom is 0.102 e. The van der Waals surface area contributed by atoms with Crippen LogP contribution in [0.3, 0.4) is 0 Å². The van der Waals surface area contributed by atoms with Crippen LogP contribution >= 0.6 is 11.8 Å². The summed E-state index contributed by atoms with van der Waals surface area (Å²) in [6, 6.07) is 0. The summed E-state index contributed by atoms with van der Waals surface area (Å²) in [6.45, 7) is 12.2. The average molecular weight is 179 g/mol. The Hall–Kier alpha value is -0.500. The summed E-state index contributed by atoms with van der Waals surface area (Å²) in [4.78, 5) is 4.51. The van der Waals surface area contributed by atoms with E-state index in [1.54, 1.807) is 11.8 Å². The minimum absolute atomic E-state index is 0.0174. The first-order valence-electron chi connectivity index (χ1n) is 4.09. The Morgan fingerprint density at radius 1 is 1.42 bits per heavy atom. The van der Waals surface area contributed by atoms with E-state index in [4.69, 9.17) is 0 Å². The number of thioether (sulfide) groups is 1. The van der Waals surface area contributed by atoms with Crippen molar-refractivity contribution in [2.75, 3.05) is 0 Å². The molecule has 0 bridgehead atoms. The van der Waals surface area contributed by atoms with Gasteiger partial charge in [-0.05, 0) is 20.3 Å². The Morgan fingerprint density at radius 3 is 2.42 bits per heavy atom. The van der Waals surface area contributed by atoms with Crippen LogP contribution in [0.1, 0.15) is 20.3 Å². The van der Waals surface area contributed by atoms with E-state index in [1.807, 2.05) is 5.55 Å². The monoisotopic (exact) mass is 179 g/mol. The van der Waals surface area contributed by atoms with Crippen LogP contribution in [0.2, 0.25) is 0 Å². The molecule has 1 saturated carbocycles. The van der Waals surface area contributed by atoms with Crippen LogP contribution in [0.4, 0.5) is 0 Å². The molecular weight excluding hydrogens is 166 g/mol. The fraction of sp³-hybridized carbons (Fsp3) is 0.500. The highest BCUT2D eigenvalue weighted by Crippen LogP contribution is 2.69. The zero-order chi connectivity index (χ0) is 8.98. The Labute approximate surface area is 77.7 Å². The van der Waals surface area contributed by atoms with Crippen LogP contribution in [0.25, 0.3) is 0 Å². The summed E-state index contributed by atoms with van der Waals surface area (Å²) in [5.41, 5.74) is 4.37. The number of aliphatic imine (C=N–C) groups is 1. The maximum absolute atomic E-state index is 4.51. The van der Waals surface area contributed by atoms with Gasteiger partial charge in [0.2, 0.25) is 0 Å². The van der Waals surface area contributed by atoms with Gasteiger partial charge in [-0.2, -0.15) is 0 Å². The highest BCUT2D eigenvalue weighted by atomic mass is 32.2. The molecule has 2 atom stereocenters. The van der Waals surface area contributed by atoms with Crippen molar-refractivity contribution >= 4 is 17.3 Å². The van der Waals surface area contributed by atoms with E-state index in [9.17, 15) is 0 Å². The largest absolute Gasteiger partial charge is 0.273 e.